The molecule has 1 aliphatic heterocycles. The van der Waals surface area contributed by atoms with Crippen LogP contribution in [0.1, 0.15) is 12.8 Å². The van der Waals surface area contributed by atoms with Gasteiger partial charge in [-0.2, -0.15) is 0 Å². The fraction of sp³-hybridized carbons (Fsp3) is 0.545. The fourth-order valence-electron chi connectivity index (χ4n) is 1.90. The van der Waals surface area contributed by atoms with Crippen molar-refractivity contribution >= 4 is 5.82 Å². The lowest BCUT2D eigenvalue weighted by atomic mass is 10.1. The minimum absolute atomic E-state index is 0.132. The van der Waals surface area contributed by atoms with Gasteiger partial charge >= 0.3 is 0 Å². The lowest BCUT2D eigenvalue weighted by Gasteiger charge is -2.10. The van der Waals surface area contributed by atoms with E-state index in [1.54, 1.807) is 0 Å². The first kappa shape index (κ1) is 11.3. The summed E-state index contributed by atoms with van der Waals surface area (Å²) in [6, 6.07) is 0.840. The van der Waals surface area contributed by atoms with Crippen LogP contribution in [0.5, 0.6) is 0 Å². The predicted octanol–water partition coefficient (Wildman–Crippen LogP) is 1.77. The standard InChI is InChI=1S/C11H15F2N3/c12-9-5-10(13)11(16-7-9)15-4-2-8-1-3-14-6-8/h5,7-8,14H,1-4,6H2,(H,15,16). The first-order chi connectivity index (χ1) is 7.75. The zero-order valence-corrected chi connectivity index (χ0v) is 8.97. The van der Waals surface area contributed by atoms with Gasteiger partial charge in [-0.3, -0.25) is 0 Å². The molecule has 2 N–H and O–H groups in total. The van der Waals surface area contributed by atoms with E-state index in [0.717, 1.165) is 31.8 Å². The van der Waals surface area contributed by atoms with Crippen molar-refractivity contribution in [1.29, 1.82) is 0 Å². The minimum Gasteiger partial charge on any atom is -0.368 e. The van der Waals surface area contributed by atoms with E-state index in [4.69, 9.17) is 0 Å². The summed E-state index contributed by atoms with van der Waals surface area (Å²) in [7, 11) is 0. The van der Waals surface area contributed by atoms with Crippen molar-refractivity contribution in [3.8, 4) is 0 Å². The zero-order chi connectivity index (χ0) is 11.4. The van der Waals surface area contributed by atoms with Gasteiger partial charge in [-0.15, -0.1) is 0 Å². The van der Waals surface area contributed by atoms with Gasteiger partial charge in [0.1, 0.15) is 5.82 Å². The Labute approximate surface area is 93.3 Å². The monoisotopic (exact) mass is 227 g/mol. The highest BCUT2D eigenvalue weighted by Crippen LogP contribution is 2.14. The highest BCUT2D eigenvalue weighted by atomic mass is 19.1. The number of rotatable bonds is 4. The van der Waals surface area contributed by atoms with Gasteiger partial charge in [-0.1, -0.05) is 0 Å². The van der Waals surface area contributed by atoms with Crippen LogP contribution in [0, 0.1) is 17.6 Å². The van der Waals surface area contributed by atoms with E-state index >= 15 is 0 Å². The molecule has 0 amide bonds. The highest BCUT2D eigenvalue weighted by Gasteiger charge is 2.14. The summed E-state index contributed by atoms with van der Waals surface area (Å²) < 4.78 is 25.8. The van der Waals surface area contributed by atoms with Crippen molar-refractivity contribution < 1.29 is 8.78 Å². The van der Waals surface area contributed by atoms with E-state index in [1.165, 1.54) is 6.42 Å². The molecule has 1 saturated heterocycles. The van der Waals surface area contributed by atoms with Crippen LogP contribution in [0.15, 0.2) is 12.3 Å². The van der Waals surface area contributed by atoms with Crippen molar-refractivity contribution in [1.82, 2.24) is 10.3 Å². The molecule has 3 nitrogen and oxygen atoms in total. The van der Waals surface area contributed by atoms with Crippen molar-refractivity contribution in [2.45, 2.75) is 12.8 Å². The zero-order valence-electron chi connectivity index (χ0n) is 8.97. The lowest BCUT2D eigenvalue weighted by Crippen LogP contribution is -2.13. The Morgan fingerprint density at radius 2 is 2.38 bits per heavy atom. The van der Waals surface area contributed by atoms with Gasteiger partial charge in [-0.25, -0.2) is 13.8 Å². The molecular formula is C11H15F2N3. The molecule has 1 aliphatic rings. The molecule has 0 spiro atoms. The van der Waals surface area contributed by atoms with Gasteiger partial charge in [0.15, 0.2) is 11.6 Å². The third-order valence-electron chi connectivity index (χ3n) is 2.82. The molecule has 2 heterocycles. The molecule has 1 atom stereocenters. The van der Waals surface area contributed by atoms with E-state index in [1.807, 2.05) is 0 Å². The van der Waals surface area contributed by atoms with Gasteiger partial charge < -0.3 is 10.6 Å². The van der Waals surface area contributed by atoms with Crippen LogP contribution in [0.2, 0.25) is 0 Å². The molecule has 0 aliphatic carbocycles. The number of hydrogen-bond donors (Lipinski definition) is 2. The van der Waals surface area contributed by atoms with Crippen molar-refractivity contribution in [2.24, 2.45) is 5.92 Å². The second-order valence-electron chi connectivity index (χ2n) is 4.06. The molecule has 1 unspecified atom stereocenters. The lowest BCUT2D eigenvalue weighted by molar-refractivity contribution is 0.544. The first-order valence-electron chi connectivity index (χ1n) is 5.51. The molecule has 88 valence electrons. The van der Waals surface area contributed by atoms with Gasteiger partial charge in [0.05, 0.1) is 6.20 Å². The second kappa shape index (κ2) is 5.21. The van der Waals surface area contributed by atoms with Gasteiger partial charge in [-0.05, 0) is 31.8 Å². The molecule has 1 aromatic heterocycles. The Bertz CT molecular complexity index is 351. The van der Waals surface area contributed by atoms with E-state index in [2.05, 4.69) is 15.6 Å². The summed E-state index contributed by atoms with van der Waals surface area (Å²) in [4.78, 5) is 3.67. The Morgan fingerprint density at radius 1 is 1.50 bits per heavy atom. The molecule has 1 fully saturated rings. The van der Waals surface area contributed by atoms with Crippen molar-refractivity contribution in [3.63, 3.8) is 0 Å². The van der Waals surface area contributed by atoms with Crippen LogP contribution < -0.4 is 10.6 Å². The van der Waals surface area contributed by atoms with Crippen LogP contribution in [-0.4, -0.2) is 24.6 Å². The summed E-state index contributed by atoms with van der Waals surface area (Å²) in [5.41, 5.74) is 0. The number of hydrogen-bond acceptors (Lipinski definition) is 3. The minimum atomic E-state index is -0.650. The molecule has 1 aromatic rings. The van der Waals surface area contributed by atoms with Gasteiger partial charge in [0.25, 0.3) is 0 Å². The van der Waals surface area contributed by atoms with Crippen molar-refractivity contribution in [3.05, 3.63) is 23.9 Å². The third kappa shape index (κ3) is 2.88. The summed E-state index contributed by atoms with van der Waals surface area (Å²) in [5.74, 6) is -0.504. The number of aromatic nitrogens is 1. The van der Waals surface area contributed by atoms with Gasteiger partial charge in [0.2, 0.25) is 0 Å². The quantitative estimate of drug-likeness (QED) is 0.823. The molecular weight excluding hydrogens is 212 g/mol. The predicted molar refractivity (Wildman–Crippen MR) is 58.2 cm³/mol. The normalized spacial score (nSPS) is 20.0. The average molecular weight is 227 g/mol. The van der Waals surface area contributed by atoms with E-state index in [0.29, 0.717) is 12.5 Å². The summed E-state index contributed by atoms with van der Waals surface area (Å²) >= 11 is 0. The topological polar surface area (TPSA) is 37.0 Å². The Hall–Kier alpha value is -1.23. The number of nitrogens with one attached hydrogen (secondary N) is 2. The molecule has 5 heteroatoms. The summed E-state index contributed by atoms with van der Waals surface area (Å²) in [6.07, 6.45) is 3.16. The average Bonchev–Trinajstić information content (AvgIpc) is 2.74. The van der Waals surface area contributed by atoms with E-state index in [9.17, 15) is 8.78 Å². The Morgan fingerprint density at radius 3 is 3.06 bits per heavy atom. The maximum Gasteiger partial charge on any atom is 0.168 e. The number of anilines is 1. The molecule has 2 rings (SSSR count). The van der Waals surface area contributed by atoms with Gasteiger partial charge in [0, 0.05) is 12.6 Å². The molecule has 0 saturated carbocycles. The highest BCUT2D eigenvalue weighted by molar-refractivity contribution is 5.35. The SMILES string of the molecule is Fc1cnc(NCCC2CCNC2)c(F)c1. The maximum absolute atomic E-state index is 13.2. The summed E-state index contributed by atoms with van der Waals surface area (Å²) in [6.45, 7) is 2.76. The molecule has 0 radical (unpaired) electrons. The molecule has 16 heavy (non-hydrogen) atoms. The molecule has 0 bridgehead atoms. The fourth-order valence-corrected chi connectivity index (χ4v) is 1.90. The smallest absolute Gasteiger partial charge is 0.168 e. The third-order valence-corrected chi connectivity index (χ3v) is 2.82. The number of nitrogens with zero attached hydrogens (tertiary/aromatic N) is 1. The van der Waals surface area contributed by atoms with E-state index in [-0.39, 0.29) is 5.82 Å². The maximum atomic E-state index is 13.2. The Kier molecular flexibility index (Phi) is 3.66. The Balaban J connectivity index is 1.80. The number of pyridine rings is 1. The second-order valence-corrected chi connectivity index (χ2v) is 4.06. The van der Waals surface area contributed by atoms with E-state index < -0.39 is 11.6 Å². The van der Waals surface area contributed by atoms with Crippen LogP contribution in [0.3, 0.4) is 0 Å². The number of halogens is 2. The van der Waals surface area contributed by atoms with Crippen molar-refractivity contribution in [2.75, 3.05) is 25.0 Å². The van der Waals surface area contributed by atoms with Crippen LogP contribution in [-0.2, 0) is 0 Å². The summed E-state index contributed by atoms with van der Waals surface area (Å²) in [5, 5.41) is 6.16. The first-order valence-corrected chi connectivity index (χ1v) is 5.51. The van der Waals surface area contributed by atoms with Crippen LogP contribution >= 0.6 is 0 Å². The molecule has 0 aromatic carbocycles. The van der Waals surface area contributed by atoms with Crippen LogP contribution in [0.4, 0.5) is 14.6 Å². The largest absolute Gasteiger partial charge is 0.368 e. The van der Waals surface area contributed by atoms with Crippen LogP contribution in [0.25, 0.3) is 0 Å².